The van der Waals surface area contributed by atoms with Gasteiger partial charge in [-0.25, -0.2) is 4.98 Å². The number of rotatable bonds is 2. The number of nitrogens with two attached hydrogens (primary N) is 1. The van der Waals surface area contributed by atoms with E-state index in [1.165, 1.54) is 0 Å². The molecule has 1 fully saturated rings. The molecule has 1 aromatic heterocycles. The number of nitrogen functional groups attached to an aromatic ring is 1. The van der Waals surface area contributed by atoms with Crippen LogP contribution in [0.25, 0.3) is 0 Å². The normalized spacial score (nSPS) is 26.5. The third-order valence-corrected chi connectivity index (χ3v) is 2.25. The van der Waals surface area contributed by atoms with Gasteiger partial charge in [-0.2, -0.15) is 0 Å². The maximum atomic E-state index is 9.06. The van der Waals surface area contributed by atoms with Gasteiger partial charge in [0.15, 0.2) is 0 Å². The molecule has 13 heavy (non-hydrogen) atoms. The molecule has 1 saturated carbocycles. The smallest absolute Gasteiger partial charge is 0.126 e. The Morgan fingerprint density at radius 2 is 2.23 bits per heavy atom. The van der Waals surface area contributed by atoms with Crippen molar-refractivity contribution in [2.24, 2.45) is 0 Å². The van der Waals surface area contributed by atoms with Crippen LogP contribution in [0.5, 0.6) is 0 Å². The molecular formula is C9H13N3O. The van der Waals surface area contributed by atoms with Gasteiger partial charge >= 0.3 is 0 Å². The number of hydrogen-bond donors (Lipinski definition) is 3. The van der Waals surface area contributed by atoms with E-state index in [4.69, 9.17) is 10.8 Å². The molecule has 1 heterocycles. The quantitative estimate of drug-likeness (QED) is 0.621. The minimum absolute atomic E-state index is 0.133. The highest BCUT2D eigenvalue weighted by atomic mass is 16.3. The van der Waals surface area contributed by atoms with Gasteiger partial charge in [0.05, 0.1) is 18.0 Å². The lowest BCUT2D eigenvalue weighted by Crippen LogP contribution is -2.39. The van der Waals surface area contributed by atoms with E-state index in [2.05, 4.69) is 10.3 Å². The SMILES string of the molecule is Nc1ccc(N[C@H]2C[C@H](O)C2)nc1. The van der Waals surface area contributed by atoms with Crippen molar-refractivity contribution < 1.29 is 5.11 Å². The molecule has 0 bridgehead atoms. The summed E-state index contributed by atoms with van der Waals surface area (Å²) in [7, 11) is 0. The van der Waals surface area contributed by atoms with Crippen molar-refractivity contribution >= 4 is 11.5 Å². The lowest BCUT2D eigenvalue weighted by molar-refractivity contribution is 0.0835. The van der Waals surface area contributed by atoms with E-state index in [0.29, 0.717) is 11.7 Å². The van der Waals surface area contributed by atoms with Crippen molar-refractivity contribution in [1.29, 1.82) is 0 Å². The summed E-state index contributed by atoms with van der Waals surface area (Å²) in [5.41, 5.74) is 6.16. The van der Waals surface area contributed by atoms with Gasteiger partial charge in [0.25, 0.3) is 0 Å². The fraction of sp³-hybridized carbons (Fsp3) is 0.444. The monoisotopic (exact) mass is 179 g/mol. The summed E-state index contributed by atoms with van der Waals surface area (Å²) in [6.07, 6.45) is 3.11. The zero-order valence-electron chi connectivity index (χ0n) is 7.27. The number of aliphatic hydroxyl groups excluding tert-OH is 1. The molecule has 0 atom stereocenters. The molecule has 70 valence electrons. The van der Waals surface area contributed by atoms with E-state index in [1.807, 2.05) is 12.1 Å². The molecule has 1 aliphatic rings. The molecule has 4 nitrogen and oxygen atoms in total. The Morgan fingerprint density at radius 1 is 1.46 bits per heavy atom. The Labute approximate surface area is 76.8 Å². The summed E-state index contributed by atoms with van der Waals surface area (Å²) in [4.78, 5) is 4.11. The maximum Gasteiger partial charge on any atom is 0.126 e. The minimum atomic E-state index is -0.133. The van der Waals surface area contributed by atoms with Crippen LogP contribution >= 0.6 is 0 Å². The Hall–Kier alpha value is -1.29. The van der Waals surface area contributed by atoms with Crippen LogP contribution in [0.2, 0.25) is 0 Å². The standard InChI is InChI=1S/C9H13N3O/c10-6-1-2-9(11-5-6)12-7-3-8(13)4-7/h1-2,5,7-8,13H,3-4,10H2,(H,11,12)/t7-,8-. The van der Waals surface area contributed by atoms with Crippen LogP contribution in [-0.2, 0) is 0 Å². The van der Waals surface area contributed by atoms with Crippen molar-refractivity contribution in [2.75, 3.05) is 11.1 Å². The number of aliphatic hydroxyl groups is 1. The molecule has 1 aliphatic carbocycles. The number of nitrogens with zero attached hydrogens (tertiary/aromatic N) is 1. The molecule has 0 amide bonds. The topological polar surface area (TPSA) is 71.2 Å². The van der Waals surface area contributed by atoms with E-state index >= 15 is 0 Å². The fourth-order valence-electron chi connectivity index (χ4n) is 1.41. The highest BCUT2D eigenvalue weighted by Crippen LogP contribution is 2.23. The van der Waals surface area contributed by atoms with E-state index in [1.54, 1.807) is 6.20 Å². The Morgan fingerprint density at radius 3 is 2.77 bits per heavy atom. The highest BCUT2D eigenvalue weighted by Gasteiger charge is 2.26. The summed E-state index contributed by atoms with van der Waals surface area (Å²) in [5, 5.41) is 12.3. The van der Waals surface area contributed by atoms with Gasteiger partial charge in [0.1, 0.15) is 5.82 Å². The lowest BCUT2D eigenvalue weighted by atomic mass is 9.89. The Kier molecular flexibility index (Phi) is 2.06. The van der Waals surface area contributed by atoms with E-state index < -0.39 is 0 Å². The molecule has 2 rings (SSSR count). The Balaban J connectivity index is 1.91. The second-order valence-electron chi connectivity index (χ2n) is 3.44. The van der Waals surface area contributed by atoms with E-state index in [-0.39, 0.29) is 6.10 Å². The first kappa shape index (κ1) is 8.31. The van der Waals surface area contributed by atoms with Gasteiger partial charge in [0, 0.05) is 6.04 Å². The maximum absolute atomic E-state index is 9.06. The van der Waals surface area contributed by atoms with Crippen LogP contribution in [0.4, 0.5) is 11.5 Å². The molecule has 0 radical (unpaired) electrons. The van der Waals surface area contributed by atoms with Crippen molar-refractivity contribution in [1.82, 2.24) is 4.98 Å². The second-order valence-corrected chi connectivity index (χ2v) is 3.44. The van der Waals surface area contributed by atoms with Crippen LogP contribution in [-0.4, -0.2) is 22.2 Å². The first-order valence-corrected chi connectivity index (χ1v) is 4.40. The molecule has 1 aromatic rings. The van der Waals surface area contributed by atoms with Gasteiger partial charge in [-0.1, -0.05) is 0 Å². The van der Waals surface area contributed by atoms with Crippen molar-refractivity contribution in [3.8, 4) is 0 Å². The number of anilines is 2. The molecule has 0 saturated heterocycles. The van der Waals surface area contributed by atoms with Crippen LogP contribution in [0.1, 0.15) is 12.8 Å². The summed E-state index contributed by atoms with van der Waals surface area (Å²) >= 11 is 0. The van der Waals surface area contributed by atoms with Gasteiger partial charge < -0.3 is 16.2 Å². The third kappa shape index (κ3) is 1.89. The lowest BCUT2D eigenvalue weighted by Gasteiger charge is -2.32. The minimum Gasteiger partial charge on any atom is -0.397 e. The summed E-state index contributed by atoms with van der Waals surface area (Å²) < 4.78 is 0. The van der Waals surface area contributed by atoms with Crippen molar-refractivity contribution in [3.05, 3.63) is 18.3 Å². The largest absolute Gasteiger partial charge is 0.397 e. The van der Waals surface area contributed by atoms with Gasteiger partial charge in [-0.15, -0.1) is 0 Å². The molecule has 0 spiro atoms. The van der Waals surface area contributed by atoms with E-state index in [0.717, 1.165) is 18.7 Å². The first-order chi connectivity index (χ1) is 6.24. The van der Waals surface area contributed by atoms with Crippen molar-refractivity contribution in [3.63, 3.8) is 0 Å². The molecule has 0 aliphatic heterocycles. The molecule has 4 heteroatoms. The molecule has 4 N–H and O–H groups in total. The zero-order valence-corrected chi connectivity index (χ0v) is 7.27. The van der Waals surface area contributed by atoms with Gasteiger partial charge in [0.2, 0.25) is 0 Å². The van der Waals surface area contributed by atoms with Crippen LogP contribution in [0.3, 0.4) is 0 Å². The van der Waals surface area contributed by atoms with Gasteiger partial charge in [-0.3, -0.25) is 0 Å². The third-order valence-electron chi connectivity index (χ3n) is 2.25. The predicted octanol–water partition coefficient (Wildman–Crippen LogP) is 0.599. The predicted molar refractivity (Wildman–Crippen MR) is 51.3 cm³/mol. The van der Waals surface area contributed by atoms with E-state index in [9.17, 15) is 0 Å². The molecular weight excluding hydrogens is 166 g/mol. The van der Waals surface area contributed by atoms with Crippen LogP contribution in [0, 0.1) is 0 Å². The fourth-order valence-corrected chi connectivity index (χ4v) is 1.41. The van der Waals surface area contributed by atoms with Crippen molar-refractivity contribution in [2.45, 2.75) is 25.0 Å². The molecule has 0 unspecified atom stereocenters. The first-order valence-electron chi connectivity index (χ1n) is 4.40. The second kappa shape index (κ2) is 3.22. The number of aromatic nitrogens is 1. The summed E-state index contributed by atoms with van der Waals surface area (Å²) in [5.74, 6) is 0.825. The zero-order chi connectivity index (χ0) is 9.26. The molecule has 0 aromatic carbocycles. The summed E-state index contributed by atoms with van der Waals surface area (Å²) in [6.45, 7) is 0. The number of pyridine rings is 1. The average molecular weight is 179 g/mol. The highest BCUT2D eigenvalue weighted by molar-refractivity contribution is 5.44. The average Bonchev–Trinajstić information content (AvgIpc) is 2.06. The van der Waals surface area contributed by atoms with Crippen LogP contribution < -0.4 is 11.1 Å². The Bertz CT molecular complexity index is 279. The van der Waals surface area contributed by atoms with Gasteiger partial charge in [-0.05, 0) is 25.0 Å². The summed E-state index contributed by atoms with van der Waals surface area (Å²) in [6, 6.07) is 4.02. The number of nitrogens with one attached hydrogen (secondary N) is 1. The van der Waals surface area contributed by atoms with Crippen LogP contribution in [0.15, 0.2) is 18.3 Å². The number of hydrogen-bond acceptors (Lipinski definition) is 4.